The standard InChI is InChI=1S/C18H28Cl2N4O/c1-13(14-5-6-15(19)16(20)11-14)23-17(21-2)22-12-18(24(3)4)7-9-25-10-8-18/h5-6,11,13H,7-10,12H2,1-4H3,(H2,21,22,23). The van der Waals surface area contributed by atoms with Crippen LogP contribution in [0.15, 0.2) is 23.2 Å². The van der Waals surface area contributed by atoms with Crippen molar-refractivity contribution in [3.05, 3.63) is 33.8 Å². The Labute approximate surface area is 160 Å². The number of hydrogen-bond donors (Lipinski definition) is 2. The van der Waals surface area contributed by atoms with Crippen molar-refractivity contribution < 1.29 is 4.74 Å². The molecule has 1 aromatic carbocycles. The number of hydrogen-bond acceptors (Lipinski definition) is 3. The van der Waals surface area contributed by atoms with Gasteiger partial charge in [0.05, 0.1) is 16.1 Å². The topological polar surface area (TPSA) is 48.9 Å². The molecule has 140 valence electrons. The highest BCUT2D eigenvalue weighted by Crippen LogP contribution is 2.26. The van der Waals surface area contributed by atoms with Gasteiger partial charge in [0, 0.05) is 32.3 Å². The van der Waals surface area contributed by atoms with Crippen molar-refractivity contribution in [3.8, 4) is 0 Å². The fourth-order valence-corrected chi connectivity index (χ4v) is 3.35. The molecule has 1 fully saturated rings. The molecule has 5 nitrogen and oxygen atoms in total. The fraction of sp³-hybridized carbons (Fsp3) is 0.611. The smallest absolute Gasteiger partial charge is 0.191 e. The first-order valence-electron chi connectivity index (χ1n) is 8.55. The predicted molar refractivity (Wildman–Crippen MR) is 106 cm³/mol. The first kappa shape index (κ1) is 20.3. The summed E-state index contributed by atoms with van der Waals surface area (Å²) in [6, 6.07) is 5.73. The van der Waals surface area contributed by atoms with E-state index in [1.54, 1.807) is 7.05 Å². The zero-order valence-corrected chi connectivity index (χ0v) is 16.9. The summed E-state index contributed by atoms with van der Waals surface area (Å²) in [5.74, 6) is 0.770. The minimum absolute atomic E-state index is 0.0611. The van der Waals surface area contributed by atoms with E-state index in [1.807, 2.05) is 18.2 Å². The van der Waals surface area contributed by atoms with E-state index < -0.39 is 0 Å². The van der Waals surface area contributed by atoms with Crippen molar-refractivity contribution in [2.45, 2.75) is 31.3 Å². The number of guanidine groups is 1. The van der Waals surface area contributed by atoms with Crippen LogP contribution in [0.1, 0.15) is 31.4 Å². The molecule has 1 aromatic rings. The molecule has 0 spiro atoms. The molecule has 1 saturated heterocycles. The lowest BCUT2D eigenvalue weighted by atomic mass is 9.88. The summed E-state index contributed by atoms with van der Waals surface area (Å²) in [7, 11) is 6.03. The summed E-state index contributed by atoms with van der Waals surface area (Å²) in [6.45, 7) is 4.48. The van der Waals surface area contributed by atoms with E-state index in [2.05, 4.69) is 41.5 Å². The Morgan fingerprint density at radius 1 is 1.28 bits per heavy atom. The average Bonchev–Trinajstić information content (AvgIpc) is 2.61. The number of rotatable bonds is 5. The minimum Gasteiger partial charge on any atom is -0.381 e. The molecule has 2 rings (SSSR count). The quantitative estimate of drug-likeness (QED) is 0.601. The zero-order valence-electron chi connectivity index (χ0n) is 15.4. The lowest BCUT2D eigenvalue weighted by Crippen LogP contribution is -2.57. The lowest BCUT2D eigenvalue weighted by Gasteiger charge is -2.43. The Morgan fingerprint density at radius 2 is 1.96 bits per heavy atom. The normalized spacial score (nSPS) is 18.9. The highest BCUT2D eigenvalue weighted by Gasteiger charge is 2.34. The molecule has 1 aliphatic rings. The maximum absolute atomic E-state index is 6.12. The van der Waals surface area contributed by atoms with Crippen LogP contribution in [0.3, 0.4) is 0 Å². The van der Waals surface area contributed by atoms with Crippen LogP contribution in [0.5, 0.6) is 0 Å². The van der Waals surface area contributed by atoms with E-state index in [-0.39, 0.29) is 11.6 Å². The van der Waals surface area contributed by atoms with Crippen LogP contribution in [-0.2, 0) is 4.74 Å². The van der Waals surface area contributed by atoms with Crippen molar-refractivity contribution in [3.63, 3.8) is 0 Å². The number of nitrogens with one attached hydrogen (secondary N) is 2. The monoisotopic (exact) mass is 386 g/mol. The number of aliphatic imine (C=N–C) groups is 1. The summed E-state index contributed by atoms with van der Waals surface area (Å²) >= 11 is 12.1. The predicted octanol–water partition coefficient (Wildman–Crippen LogP) is 3.33. The molecule has 0 bridgehead atoms. The maximum atomic E-state index is 6.12. The molecule has 1 unspecified atom stereocenters. The Morgan fingerprint density at radius 3 is 2.52 bits per heavy atom. The molecule has 0 amide bonds. The number of nitrogens with zero attached hydrogens (tertiary/aromatic N) is 2. The van der Waals surface area contributed by atoms with Gasteiger partial charge in [0.25, 0.3) is 0 Å². The van der Waals surface area contributed by atoms with Crippen molar-refractivity contribution in [1.29, 1.82) is 0 Å². The van der Waals surface area contributed by atoms with Crippen molar-refractivity contribution >= 4 is 29.2 Å². The number of likely N-dealkylation sites (N-methyl/N-ethyl adjacent to an activating group) is 1. The van der Waals surface area contributed by atoms with Crippen LogP contribution in [0, 0.1) is 0 Å². The minimum atomic E-state index is 0.0611. The average molecular weight is 387 g/mol. The highest BCUT2D eigenvalue weighted by molar-refractivity contribution is 6.42. The van der Waals surface area contributed by atoms with Crippen molar-refractivity contribution in [2.75, 3.05) is 40.9 Å². The molecular weight excluding hydrogens is 359 g/mol. The molecule has 1 atom stereocenters. The van der Waals surface area contributed by atoms with Crippen molar-refractivity contribution in [1.82, 2.24) is 15.5 Å². The Kier molecular flexibility index (Phi) is 7.37. The lowest BCUT2D eigenvalue weighted by molar-refractivity contribution is -0.00502. The van der Waals surface area contributed by atoms with Gasteiger partial charge in [-0.1, -0.05) is 29.3 Å². The second-order valence-corrected chi connectivity index (χ2v) is 7.51. The Bertz CT molecular complexity index is 601. The van der Waals surface area contributed by atoms with Crippen LogP contribution < -0.4 is 10.6 Å². The van der Waals surface area contributed by atoms with Gasteiger partial charge in [0.1, 0.15) is 0 Å². The molecule has 0 aromatic heterocycles. The van der Waals surface area contributed by atoms with Gasteiger partial charge in [-0.3, -0.25) is 4.99 Å². The van der Waals surface area contributed by atoms with Crippen LogP contribution in [0.2, 0.25) is 10.0 Å². The maximum Gasteiger partial charge on any atom is 0.191 e. The largest absolute Gasteiger partial charge is 0.381 e. The summed E-state index contributed by atoms with van der Waals surface area (Å²) in [4.78, 5) is 6.64. The highest BCUT2D eigenvalue weighted by atomic mass is 35.5. The summed E-state index contributed by atoms with van der Waals surface area (Å²) in [5.41, 5.74) is 1.15. The van der Waals surface area contributed by atoms with E-state index >= 15 is 0 Å². The second-order valence-electron chi connectivity index (χ2n) is 6.70. The molecular formula is C18H28Cl2N4O. The Hall–Kier alpha value is -1.01. The number of benzene rings is 1. The number of halogens is 2. The molecule has 0 saturated carbocycles. The fourth-order valence-electron chi connectivity index (χ4n) is 3.05. The van der Waals surface area contributed by atoms with Gasteiger partial charge in [0.2, 0.25) is 0 Å². The van der Waals surface area contributed by atoms with Crippen LogP contribution in [-0.4, -0.2) is 57.3 Å². The van der Waals surface area contributed by atoms with Gasteiger partial charge in [-0.25, -0.2) is 0 Å². The zero-order chi connectivity index (χ0) is 18.4. The Balaban J connectivity index is 1.98. The van der Waals surface area contributed by atoms with E-state index in [1.165, 1.54) is 0 Å². The van der Waals surface area contributed by atoms with Gasteiger partial charge < -0.3 is 20.3 Å². The van der Waals surface area contributed by atoms with Gasteiger partial charge in [-0.05, 0) is 51.6 Å². The third-order valence-electron chi connectivity index (χ3n) is 4.98. The molecule has 0 aliphatic carbocycles. The molecule has 0 radical (unpaired) electrons. The summed E-state index contributed by atoms with van der Waals surface area (Å²) in [6.07, 6.45) is 2.01. The van der Waals surface area contributed by atoms with E-state index in [9.17, 15) is 0 Å². The van der Waals surface area contributed by atoms with Crippen LogP contribution in [0.4, 0.5) is 0 Å². The second kappa shape index (κ2) is 9.08. The van der Waals surface area contributed by atoms with Gasteiger partial charge in [0.15, 0.2) is 5.96 Å². The summed E-state index contributed by atoms with van der Waals surface area (Å²) < 4.78 is 5.53. The first-order valence-corrected chi connectivity index (χ1v) is 9.31. The third-order valence-corrected chi connectivity index (χ3v) is 5.72. The summed E-state index contributed by atoms with van der Waals surface area (Å²) in [5, 5.41) is 8.01. The van der Waals surface area contributed by atoms with Gasteiger partial charge in [-0.15, -0.1) is 0 Å². The molecule has 1 heterocycles. The molecule has 7 heteroatoms. The van der Waals surface area contributed by atoms with E-state index in [0.717, 1.165) is 44.1 Å². The first-order chi connectivity index (χ1) is 11.9. The van der Waals surface area contributed by atoms with E-state index in [0.29, 0.717) is 10.0 Å². The molecule has 25 heavy (non-hydrogen) atoms. The van der Waals surface area contributed by atoms with E-state index in [4.69, 9.17) is 27.9 Å². The molecule has 1 aliphatic heterocycles. The number of ether oxygens (including phenoxy) is 1. The SMILES string of the molecule is CN=C(NCC1(N(C)C)CCOCC1)NC(C)c1ccc(Cl)c(Cl)c1. The molecule has 2 N–H and O–H groups in total. The van der Waals surface area contributed by atoms with Crippen molar-refractivity contribution in [2.24, 2.45) is 4.99 Å². The third kappa shape index (κ3) is 5.23. The van der Waals surface area contributed by atoms with Crippen LogP contribution in [0.25, 0.3) is 0 Å². The van der Waals surface area contributed by atoms with Gasteiger partial charge in [-0.2, -0.15) is 0 Å². The van der Waals surface area contributed by atoms with Gasteiger partial charge >= 0.3 is 0 Å². The van der Waals surface area contributed by atoms with Crippen LogP contribution >= 0.6 is 23.2 Å².